The minimum absolute atomic E-state index is 0.114. The molecule has 0 unspecified atom stereocenters. The van der Waals surface area contributed by atoms with Gasteiger partial charge >= 0.3 is 0 Å². The summed E-state index contributed by atoms with van der Waals surface area (Å²) in [6, 6.07) is 52.8. The van der Waals surface area contributed by atoms with Crippen LogP contribution in [-0.2, 0) is 4.28 Å². The zero-order valence-electron chi connectivity index (χ0n) is 27.2. The number of benzene rings is 6. The van der Waals surface area contributed by atoms with Crippen LogP contribution in [0.25, 0.3) is 39.6 Å². The molecule has 6 aromatic carbocycles. The molecule has 246 valence electrons. The molecule has 0 saturated carbocycles. The summed E-state index contributed by atoms with van der Waals surface area (Å²) in [5.74, 6) is 0.114. The Bertz CT molecular complexity index is 2230. The first-order valence-corrected chi connectivity index (χ1v) is 20.0. The summed E-state index contributed by atoms with van der Waals surface area (Å²) in [4.78, 5) is 15.4. The molecular weight excluding hydrogens is 749 g/mol. The maximum Gasteiger partial charge on any atom is 0.182 e. The maximum absolute atomic E-state index is 13.1. The Kier molecular flexibility index (Phi) is 9.54. The van der Waals surface area contributed by atoms with Crippen molar-refractivity contribution in [3.8, 4) is 5.69 Å². The van der Waals surface area contributed by atoms with Gasteiger partial charge in [0.1, 0.15) is 0 Å². The highest BCUT2D eigenvalue weighted by Crippen LogP contribution is 2.37. The molecule has 1 saturated heterocycles. The van der Waals surface area contributed by atoms with E-state index in [2.05, 4.69) is 164 Å². The number of anilines is 3. The summed E-state index contributed by atoms with van der Waals surface area (Å²) in [7, 11) is 1.25. The van der Waals surface area contributed by atoms with Crippen LogP contribution >= 0.6 is 30.4 Å². The summed E-state index contributed by atoms with van der Waals surface area (Å²) >= 11 is 2.09. The Morgan fingerprint density at radius 1 is 0.660 bits per heavy atom. The van der Waals surface area contributed by atoms with Crippen molar-refractivity contribution in [1.82, 2.24) is 9.63 Å². The SMILES string of the molecule is O=C(c1ccc(/C=C/c2ccc(N(c3ccccc3)c3ccc(-n4c5ccccc5c5ccccc54)cc3)cc2)cc1)[C@@H]1CCCN1OSI. The summed E-state index contributed by atoms with van der Waals surface area (Å²) in [6.07, 6.45) is 5.98. The lowest BCUT2D eigenvalue weighted by Crippen LogP contribution is -2.34. The van der Waals surface area contributed by atoms with Gasteiger partial charge in [-0.25, -0.2) is 4.28 Å². The highest BCUT2D eigenvalue weighted by molar-refractivity contribution is 14.2. The molecule has 0 amide bonds. The maximum atomic E-state index is 13.1. The lowest BCUT2D eigenvalue weighted by molar-refractivity contribution is -0.0377. The number of hydroxylamine groups is 2. The van der Waals surface area contributed by atoms with Gasteiger partial charge < -0.3 is 9.47 Å². The molecule has 7 heteroatoms. The van der Waals surface area contributed by atoms with Gasteiger partial charge in [-0.05, 0) is 84.6 Å². The van der Waals surface area contributed by atoms with Gasteiger partial charge in [-0.15, -0.1) is 0 Å². The van der Waals surface area contributed by atoms with E-state index < -0.39 is 0 Å². The molecule has 2 heterocycles. The van der Waals surface area contributed by atoms with Crippen molar-refractivity contribution in [1.29, 1.82) is 0 Å². The number of Topliss-reactive ketones (excluding diaryl/α,β-unsaturated/α-hetero) is 1. The molecule has 8 rings (SSSR count). The average Bonchev–Trinajstić information content (AvgIpc) is 3.78. The number of ketones is 1. The molecule has 1 atom stereocenters. The largest absolute Gasteiger partial charge is 0.311 e. The average molecular weight is 784 g/mol. The number of carbonyl (C=O) groups is 1. The van der Waals surface area contributed by atoms with Crippen LogP contribution in [0.4, 0.5) is 17.1 Å². The molecule has 7 aromatic rings. The van der Waals surface area contributed by atoms with E-state index in [0.29, 0.717) is 0 Å². The number of hydrogen-bond acceptors (Lipinski definition) is 5. The van der Waals surface area contributed by atoms with Crippen LogP contribution in [0.2, 0.25) is 0 Å². The van der Waals surface area contributed by atoms with Gasteiger partial charge in [0.2, 0.25) is 0 Å². The number of aromatic nitrogens is 1. The Morgan fingerprint density at radius 2 is 1.18 bits per heavy atom. The van der Waals surface area contributed by atoms with Gasteiger partial charge in [0, 0.05) is 66.8 Å². The minimum atomic E-state index is -0.217. The van der Waals surface area contributed by atoms with Crippen LogP contribution in [0, 0.1) is 0 Å². The standard InChI is InChI=1S/C43H34IN3O2S/c44-50-49-45-30-8-15-42(45)43(48)33-22-18-31(19-23-33)16-17-32-20-24-35(25-21-32)46(34-9-2-1-3-10-34)36-26-28-37(29-27-36)47-40-13-6-4-11-38(40)39-12-5-7-14-41(39)47/h1-7,9-14,16-29,42H,8,15,30H2/b17-16+/t42-/m0/s1. The number of carbonyl (C=O) groups excluding carboxylic acids is 1. The molecule has 5 nitrogen and oxygen atoms in total. The van der Waals surface area contributed by atoms with E-state index in [1.807, 2.05) is 30.3 Å². The van der Waals surface area contributed by atoms with Crippen molar-refractivity contribution in [2.75, 3.05) is 11.4 Å². The van der Waals surface area contributed by atoms with Crippen LogP contribution in [0.15, 0.2) is 152 Å². The normalized spacial score (nSPS) is 14.9. The van der Waals surface area contributed by atoms with Gasteiger partial charge in [0.05, 0.1) is 26.3 Å². The number of rotatable bonds is 10. The second-order valence-corrected chi connectivity index (χ2v) is 13.8. The fraction of sp³-hybridized carbons (Fsp3) is 0.0930. The molecule has 0 radical (unpaired) electrons. The third kappa shape index (κ3) is 6.50. The number of halogens is 1. The summed E-state index contributed by atoms with van der Waals surface area (Å²) in [5, 5.41) is 4.32. The Hall–Kier alpha value is -4.67. The highest BCUT2D eigenvalue weighted by atomic mass is 127. The predicted octanol–water partition coefficient (Wildman–Crippen LogP) is 12.0. The first kappa shape index (κ1) is 32.5. The second kappa shape index (κ2) is 14.7. The van der Waals surface area contributed by atoms with Crippen LogP contribution < -0.4 is 4.90 Å². The molecule has 50 heavy (non-hydrogen) atoms. The third-order valence-corrected chi connectivity index (χ3v) is 10.1. The Labute approximate surface area is 308 Å². The molecule has 1 aromatic heterocycles. The third-order valence-electron chi connectivity index (χ3n) is 9.41. The highest BCUT2D eigenvalue weighted by Gasteiger charge is 2.32. The van der Waals surface area contributed by atoms with E-state index in [1.165, 1.54) is 31.0 Å². The van der Waals surface area contributed by atoms with Crippen molar-refractivity contribution in [3.63, 3.8) is 0 Å². The predicted molar refractivity (Wildman–Crippen MR) is 218 cm³/mol. The first-order valence-electron chi connectivity index (χ1n) is 16.8. The van der Waals surface area contributed by atoms with Crippen molar-refractivity contribution in [3.05, 3.63) is 168 Å². The molecule has 0 aliphatic carbocycles. The zero-order valence-corrected chi connectivity index (χ0v) is 30.2. The molecule has 1 fully saturated rings. The van der Waals surface area contributed by atoms with Gasteiger partial charge in [-0.3, -0.25) is 4.79 Å². The van der Waals surface area contributed by atoms with Crippen LogP contribution in [0.5, 0.6) is 0 Å². The van der Waals surface area contributed by atoms with E-state index in [9.17, 15) is 4.79 Å². The summed E-state index contributed by atoms with van der Waals surface area (Å²) in [6.45, 7) is 0.783. The number of para-hydroxylation sites is 3. The van der Waals surface area contributed by atoms with E-state index >= 15 is 0 Å². The van der Waals surface area contributed by atoms with Crippen molar-refractivity contribution >= 4 is 87.2 Å². The number of fused-ring (bicyclic) bond motifs is 3. The summed E-state index contributed by atoms with van der Waals surface area (Å²) < 4.78 is 7.93. The fourth-order valence-electron chi connectivity index (χ4n) is 6.98. The molecule has 1 aliphatic heterocycles. The minimum Gasteiger partial charge on any atom is -0.311 e. The van der Waals surface area contributed by atoms with E-state index in [-0.39, 0.29) is 11.8 Å². The van der Waals surface area contributed by atoms with Crippen molar-refractivity contribution in [2.24, 2.45) is 0 Å². The topological polar surface area (TPSA) is 37.7 Å². The Morgan fingerprint density at radius 3 is 1.78 bits per heavy atom. The molecule has 1 aliphatic rings. The quantitative estimate of drug-likeness (QED) is 0.0598. The monoisotopic (exact) mass is 783 g/mol. The summed E-state index contributed by atoms with van der Waals surface area (Å²) in [5.41, 5.74) is 9.64. The number of hydrogen-bond donors (Lipinski definition) is 0. The van der Waals surface area contributed by atoms with E-state index in [1.54, 1.807) is 5.06 Å². The molecule has 0 spiro atoms. The van der Waals surface area contributed by atoms with Crippen LogP contribution in [0.3, 0.4) is 0 Å². The Balaban J connectivity index is 1.03. The van der Waals surface area contributed by atoms with Crippen LogP contribution in [-0.4, -0.2) is 28.0 Å². The lowest BCUT2D eigenvalue weighted by atomic mass is 10.0. The van der Waals surface area contributed by atoms with Gasteiger partial charge in [-0.2, -0.15) is 5.06 Å². The molecule has 0 N–H and O–H groups in total. The van der Waals surface area contributed by atoms with Gasteiger partial charge in [0.15, 0.2) is 5.78 Å². The zero-order chi connectivity index (χ0) is 33.9. The van der Waals surface area contributed by atoms with Gasteiger partial charge in [0.25, 0.3) is 0 Å². The van der Waals surface area contributed by atoms with Gasteiger partial charge in [-0.1, -0.05) is 103 Å². The van der Waals surface area contributed by atoms with Crippen molar-refractivity contribution < 1.29 is 9.08 Å². The fourth-order valence-corrected chi connectivity index (χ4v) is 7.85. The smallest absolute Gasteiger partial charge is 0.182 e. The second-order valence-electron chi connectivity index (χ2n) is 12.4. The number of nitrogens with zero attached hydrogens (tertiary/aromatic N) is 3. The van der Waals surface area contributed by atoms with Crippen molar-refractivity contribution in [2.45, 2.75) is 18.9 Å². The van der Waals surface area contributed by atoms with E-state index in [0.717, 1.165) is 58.8 Å². The van der Waals surface area contributed by atoms with Crippen LogP contribution in [0.1, 0.15) is 34.3 Å². The molecular formula is C43H34IN3O2S. The van der Waals surface area contributed by atoms with E-state index in [4.69, 9.17) is 4.28 Å². The first-order chi connectivity index (χ1) is 24.7. The lowest BCUT2D eigenvalue weighted by Gasteiger charge is -2.26. The molecule has 0 bridgehead atoms.